The Morgan fingerprint density at radius 3 is 2.18 bits per heavy atom. The lowest BCUT2D eigenvalue weighted by molar-refractivity contribution is -0.116. The van der Waals surface area contributed by atoms with Gasteiger partial charge in [0.25, 0.3) is 0 Å². The number of sulfonamides is 1. The molecule has 0 heterocycles. The molecule has 0 aliphatic rings. The Kier molecular flexibility index (Phi) is 7.83. The molecule has 7 nitrogen and oxygen atoms in total. The summed E-state index contributed by atoms with van der Waals surface area (Å²) in [6.45, 7) is 3.92. The topological polar surface area (TPSA) is 93.7 Å². The largest absolute Gasteiger partial charge is 0.497 e. The molecule has 2 aromatic rings. The SMILES string of the molecule is COc1ccc(OCCCC(=O)Nc2ccc(S(=O)(=O)NC(C)C)cc2)cc1. The number of nitrogens with one attached hydrogen (secondary N) is 2. The van der Waals surface area contributed by atoms with Crippen LogP contribution in [0.5, 0.6) is 11.5 Å². The first kappa shape index (κ1) is 21.7. The molecule has 28 heavy (non-hydrogen) atoms. The fraction of sp³-hybridized carbons (Fsp3) is 0.350. The molecule has 0 atom stereocenters. The van der Waals surface area contributed by atoms with E-state index >= 15 is 0 Å². The van der Waals surface area contributed by atoms with Crippen LogP contribution in [0.1, 0.15) is 26.7 Å². The predicted octanol–water partition coefficient (Wildman–Crippen LogP) is 3.18. The minimum Gasteiger partial charge on any atom is -0.497 e. The van der Waals surface area contributed by atoms with Gasteiger partial charge in [-0.05, 0) is 68.8 Å². The van der Waals surface area contributed by atoms with Gasteiger partial charge in [0.2, 0.25) is 15.9 Å². The molecule has 152 valence electrons. The van der Waals surface area contributed by atoms with Crippen molar-refractivity contribution in [3.05, 3.63) is 48.5 Å². The van der Waals surface area contributed by atoms with Crippen molar-refractivity contribution in [2.75, 3.05) is 19.0 Å². The maximum Gasteiger partial charge on any atom is 0.240 e. The van der Waals surface area contributed by atoms with Gasteiger partial charge in [0.1, 0.15) is 11.5 Å². The molecule has 1 amide bonds. The second-order valence-corrected chi connectivity index (χ2v) is 8.19. The molecule has 0 aromatic heterocycles. The smallest absolute Gasteiger partial charge is 0.240 e. The van der Waals surface area contributed by atoms with E-state index in [1.54, 1.807) is 33.1 Å². The van der Waals surface area contributed by atoms with Gasteiger partial charge < -0.3 is 14.8 Å². The number of hydrogen-bond donors (Lipinski definition) is 2. The zero-order chi connectivity index (χ0) is 20.6. The van der Waals surface area contributed by atoms with E-state index in [-0.39, 0.29) is 16.8 Å². The highest BCUT2D eigenvalue weighted by Crippen LogP contribution is 2.17. The average molecular weight is 407 g/mol. The number of carbonyl (C=O) groups excluding carboxylic acids is 1. The number of hydrogen-bond acceptors (Lipinski definition) is 5. The van der Waals surface area contributed by atoms with Crippen LogP contribution < -0.4 is 19.5 Å². The van der Waals surface area contributed by atoms with Gasteiger partial charge in [-0.3, -0.25) is 4.79 Å². The van der Waals surface area contributed by atoms with Gasteiger partial charge in [-0.15, -0.1) is 0 Å². The van der Waals surface area contributed by atoms with Crippen LogP contribution in [0.15, 0.2) is 53.4 Å². The summed E-state index contributed by atoms with van der Waals surface area (Å²) in [6, 6.07) is 13.1. The monoisotopic (exact) mass is 406 g/mol. The van der Waals surface area contributed by atoms with Gasteiger partial charge in [0.15, 0.2) is 0 Å². The Balaban J connectivity index is 1.76. The van der Waals surface area contributed by atoms with Crippen molar-refractivity contribution in [1.82, 2.24) is 4.72 Å². The molecule has 0 radical (unpaired) electrons. The molecular weight excluding hydrogens is 380 g/mol. The first-order valence-corrected chi connectivity index (χ1v) is 10.5. The van der Waals surface area contributed by atoms with Crippen LogP contribution in [0.2, 0.25) is 0 Å². The zero-order valence-electron chi connectivity index (χ0n) is 16.3. The van der Waals surface area contributed by atoms with Crippen molar-refractivity contribution in [3.8, 4) is 11.5 Å². The number of benzene rings is 2. The third kappa shape index (κ3) is 6.86. The molecule has 2 aromatic carbocycles. The third-order valence-electron chi connectivity index (χ3n) is 3.72. The van der Waals surface area contributed by atoms with Crippen LogP contribution in [0.3, 0.4) is 0 Å². The molecule has 2 N–H and O–H groups in total. The van der Waals surface area contributed by atoms with E-state index in [1.807, 2.05) is 24.3 Å². The second-order valence-electron chi connectivity index (χ2n) is 6.48. The fourth-order valence-corrected chi connectivity index (χ4v) is 3.67. The van der Waals surface area contributed by atoms with Crippen LogP contribution in [-0.2, 0) is 14.8 Å². The minimum atomic E-state index is -3.54. The summed E-state index contributed by atoms with van der Waals surface area (Å²) in [5, 5.41) is 2.75. The average Bonchev–Trinajstić information content (AvgIpc) is 2.65. The Morgan fingerprint density at radius 2 is 1.61 bits per heavy atom. The van der Waals surface area contributed by atoms with Crippen molar-refractivity contribution in [2.24, 2.45) is 0 Å². The highest BCUT2D eigenvalue weighted by atomic mass is 32.2. The molecule has 0 aliphatic heterocycles. The fourth-order valence-electron chi connectivity index (χ4n) is 2.41. The van der Waals surface area contributed by atoms with Crippen molar-refractivity contribution in [2.45, 2.75) is 37.6 Å². The lowest BCUT2D eigenvalue weighted by atomic mass is 10.2. The number of carbonyl (C=O) groups is 1. The van der Waals surface area contributed by atoms with E-state index in [0.717, 1.165) is 5.75 Å². The maximum atomic E-state index is 12.1. The molecule has 0 spiro atoms. The summed E-state index contributed by atoms with van der Waals surface area (Å²) in [4.78, 5) is 12.2. The summed E-state index contributed by atoms with van der Waals surface area (Å²) >= 11 is 0. The quantitative estimate of drug-likeness (QED) is 0.591. The molecule has 0 aliphatic carbocycles. The normalized spacial score (nSPS) is 11.3. The Labute approximate surface area is 166 Å². The summed E-state index contributed by atoms with van der Waals surface area (Å²) in [7, 11) is -1.94. The van der Waals surface area contributed by atoms with E-state index < -0.39 is 10.0 Å². The summed E-state index contributed by atoms with van der Waals surface area (Å²) in [5.41, 5.74) is 0.546. The minimum absolute atomic E-state index is 0.158. The van der Waals surface area contributed by atoms with Crippen molar-refractivity contribution in [3.63, 3.8) is 0 Å². The second kappa shape index (κ2) is 10.1. The standard InChI is InChI=1S/C20H26N2O5S/c1-15(2)22-28(24,25)19-12-6-16(7-13-19)21-20(23)5-4-14-27-18-10-8-17(26-3)9-11-18/h6-13,15,22H,4-5,14H2,1-3H3,(H,21,23). The Morgan fingerprint density at radius 1 is 1.00 bits per heavy atom. The van der Waals surface area contributed by atoms with Crippen molar-refractivity contribution in [1.29, 1.82) is 0 Å². The molecule has 0 saturated carbocycles. The van der Waals surface area contributed by atoms with Crippen molar-refractivity contribution < 1.29 is 22.7 Å². The number of ether oxygens (including phenoxy) is 2. The molecule has 2 rings (SSSR count). The van der Waals surface area contributed by atoms with Gasteiger partial charge >= 0.3 is 0 Å². The van der Waals surface area contributed by atoms with Gasteiger partial charge in [-0.1, -0.05) is 0 Å². The molecule has 0 unspecified atom stereocenters. The number of rotatable bonds is 10. The van der Waals surface area contributed by atoms with Gasteiger partial charge in [0, 0.05) is 18.2 Å². The molecular formula is C20H26N2O5S. The third-order valence-corrected chi connectivity index (χ3v) is 5.39. The molecule has 8 heteroatoms. The number of methoxy groups -OCH3 is 1. The first-order chi connectivity index (χ1) is 13.3. The number of amides is 1. The van der Waals surface area contributed by atoms with Gasteiger partial charge in [-0.2, -0.15) is 0 Å². The number of anilines is 1. The van der Waals surface area contributed by atoms with Crippen LogP contribution in [0.4, 0.5) is 5.69 Å². The van der Waals surface area contributed by atoms with Crippen LogP contribution in [-0.4, -0.2) is 34.1 Å². The first-order valence-electron chi connectivity index (χ1n) is 8.99. The van der Waals surface area contributed by atoms with Crippen LogP contribution in [0.25, 0.3) is 0 Å². The van der Waals surface area contributed by atoms with Crippen molar-refractivity contribution >= 4 is 21.6 Å². The lowest BCUT2D eigenvalue weighted by Crippen LogP contribution is -2.30. The van der Waals surface area contributed by atoms with Crippen LogP contribution >= 0.6 is 0 Å². The highest BCUT2D eigenvalue weighted by Gasteiger charge is 2.15. The summed E-state index contributed by atoms with van der Waals surface area (Å²) < 4.78 is 37.3. The highest BCUT2D eigenvalue weighted by molar-refractivity contribution is 7.89. The maximum absolute atomic E-state index is 12.1. The molecule has 0 fully saturated rings. The molecule has 0 saturated heterocycles. The van der Waals surface area contributed by atoms with Gasteiger partial charge in [-0.25, -0.2) is 13.1 Å². The lowest BCUT2D eigenvalue weighted by Gasteiger charge is -2.11. The summed E-state index contributed by atoms with van der Waals surface area (Å²) in [5.74, 6) is 1.31. The van der Waals surface area contributed by atoms with Gasteiger partial charge in [0.05, 0.1) is 18.6 Å². The van der Waals surface area contributed by atoms with E-state index in [2.05, 4.69) is 10.0 Å². The predicted molar refractivity (Wildman–Crippen MR) is 108 cm³/mol. The zero-order valence-corrected chi connectivity index (χ0v) is 17.1. The van der Waals surface area contributed by atoms with E-state index in [9.17, 15) is 13.2 Å². The molecule has 0 bridgehead atoms. The van der Waals surface area contributed by atoms with E-state index in [4.69, 9.17) is 9.47 Å². The Hall–Kier alpha value is -2.58. The summed E-state index contributed by atoms with van der Waals surface area (Å²) in [6.07, 6.45) is 0.855. The Bertz CT molecular complexity index is 862. The van der Waals surface area contributed by atoms with E-state index in [1.165, 1.54) is 12.1 Å². The van der Waals surface area contributed by atoms with Crippen LogP contribution in [0, 0.1) is 0 Å². The van der Waals surface area contributed by atoms with E-state index in [0.29, 0.717) is 30.9 Å².